The summed E-state index contributed by atoms with van der Waals surface area (Å²) in [6.45, 7) is 5.79. The predicted octanol–water partition coefficient (Wildman–Crippen LogP) is 4.41. The van der Waals surface area contributed by atoms with Crippen LogP contribution < -0.4 is 0 Å². The van der Waals surface area contributed by atoms with Gasteiger partial charge in [0.25, 0.3) is 0 Å². The third-order valence-corrected chi connectivity index (χ3v) is 4.84. The molecule has 134 valence electrons. The molecule has 0 radical (unpaired) electrons. The summed E-state index contributed by atoms with van der Waals surface area (Å²) in [5, 5.41) is 34.3. The zero-order valence-electron chi connectivity index (χ0n) is 14.1. The molecule has 0 aliphatic heterocycles. The standard InChI is InChI=1S/C17H14BrN3O5/c1-7-8(2)15(17(18)19-9(7)3)14-6-11(20-26-14)10-4-12(21(24)25)16(23)13(22)5-10/h4-6,22-23H,1-3H3. The highest BCUT2D eigenvalue weighted by Crippen LogP contribution is 2.40. The molecular formula is C17H14BrN3O5. The van der Waals surface area contributed by atoms with E-state index in [9.17, 15) is 20.3 Å². The van der Waals surface area contributed by atoms with Crippen LogP contribution in [-0.4, -0.2) is 25.3 Å². The molecule has 2 heterocycles. The quantitative estimate of drug-likeness (QED) is 0.278. The van der Waals surface area contributed by atoms with Crippen molar-refractivity contribution < 1.29 is 19.7 Å². The summed E-state index contributed by atoms with van der Waals surface area (Å²) in [5.41, 5.74) is 3.50. The molecular weight excluding hydrogens is 406 g/mol. The van der Waals surface area contributed by atoms with Gasteiger partial charge in [-0.1, -0.05) is 5.16 Å². The smallest absolute Gasteiger partial charge is 0.315 e. The number of nitrogens with zero attached hydrogens (tertiary/aromatic N) is 3. The number of aromatic hydroxyl groups is 2. The molecule has 1 aromatic carbocycles. The maximum Gasteiger partial charge on any atom is 0.315 e. The summed E-state index contributed by atoms with van der Waals surface area (Å²) in [6.07, 6.45) is 0. The van der Waals surface area contributed by atoms with Crippen molar-refractivity contribution in [2.75, 3.05) is 0 Å². The van der Waals surface area contributed by atoms with Gasteiger partial charge in [0.15, 0.2) is 11.5 Å². The van der Waals surface area contributed by atoms with E-state index in [0.717, 1.165) is 28.5 Å². The van der Waals surface area contributed by atoms with Gasteiger partial charge >= 0.3 is 5.69 Å². The first kappa shape index (κ1) is 17.9. The van der Waals surface area contributed by atoms with Crippen molar-refractivity contribution in [1.29, 1.82) is 0 Å². The summed E-state index contributed by atoms with van der Waals surface area (Å²) in [4.78, 5) is 14.7. The SMILES string of the molecule is Cc1nc(Br)c(-c2cc(-c3cc(O)c(O)c([N+](=O)[O-])c3)no2)c(C)c1C. The van der Waals surface area contributed by atoms with Gasteiger partial charge in [-0.25, -0.2) is 4.98 Å². The number of aromatic nitrogens is 2. The number of aryl methyl sites for hydroxylation is 1. The second-order valence-corrected chi connectivity index (χ2v) is 6.56. The second-order valence-electron chi connectivity index (χ2n) is 5.81. The van der Waals surface area contributed by atoms with Crippen molar-refractivity contribution in [2.45, 2.75) is 20.8 Å². The molecule has 0 unspecified atom stereocenters. The molecule has 0 aliphatic carbocycles. The number of hydrogen-bond acceptors (Lipinski definition) is 7. The third-order valence-electron chi connectivity index (χ3n) is 4.27. The maximum absolute atomic E-state index is 11.0. The van der Waals surface area contributed by atoms with E-state index in [1.807, 2.05) is 20.8 Å². The van der Waals surface area contributed by atoms with Gasteiger partial charge in [0, 0.05) is 23.4 Å². The Morgan fingerprint density at radius 1 is 1.15 bits per heavy atom. The molecule has 0 spiro atoms. The zero-order chi connectivity index (χ0) is 19.2. The first-order chi connectivity index (χ1) is 12.2. The Labute approximate surface area is 156 Å². The van der Waals surface area contributed by atoms with Gasteiger partial charge < -0.3 is 14.7 Å². The van der Waals surface area contributed by atoms with Crippen molar-refractivity contribution in [3.63, 3.8) is 0 Å². The molecule has 0 aliphatic rings. The van der Waals surface area contributed by atoms with Crippen LogP contribution in [0.5, 0.6) is 11.5 Å². The Balaban J connectivity index is 2.13. The number of phenolic OH excluding ortho intramolecular Hbond substituents is 2. The van der Waals surface area contributed by atoms with Gasteiger partial charge in [-0.3, -0.25) is 10.1 Å². The van der Waals surface area contributed by atoms with Gasteiger partial charge in [-0.2, -0.15) is 0 Å². The van der Waals surface area contributed by atoms with Crippen molar-refractivity contribution in [3.05, 3.63) is 49.7 Å². The van der Waals surface area contributed by atoms with Crippen LogP contribution in [0.25, 0.3) is 22.6 Å². The highest BCUT2D eigenvalue weighted by molar-refractivity contribution is 9.10. The van der Waals surface area contributed by atoms with Gasteiger partial charge in [-0.05, 0) is 53.9 Å². The second kappa shape index (κ2) is 6.41. The minimum atomic E-state index is -0.792. The summed E-state index contributed by atoms with van der Waals surface area (Å²) < 4.78 is 6.00. The fraction of sp³-hybridized carbons (Fsp3) is 0.176. The van der Waals surface area contributed by atoms with E-state index in [0.29, 0.717) is 10.4 Å². The summed E-state index contributed by atoms with van der Waals surface area (Å²) in [7, 11) is 0. The molecule has 0 saturated carbocycles. The predicted molar refractivity (Wildman–Crippen MR) is 97.1 cm³/mol. The van der Waals surface area contributed by atoms with Crippen LogP contribution in [0.15, 0.2) is 27.3 Å². The van der Waals surface area contributed by atoms with Crippen molar-refractivity contribution in [1.82, 2.24) is 10.1 Å². The largest absolute Gasteiger partial charge is 0.504 e. The van der Waals surface area contributed by atoms with Gasteiger partial charge in [0.1, 0.15) is 10.3 Å². The molecule has 9 heteroatoms. The van der Waals surface area contributed by atoms with E-state index in [4.69, 9.17) is 4.52 Å². The molecule has 8 nitrogen and oxygen atoms in total. The first-order valence-corrected chi connectivity index (χ1v) is 8.31. The lowest BCUT2D eigenvalue weighted by atomic mass is 10.0. The van der Waals surface area contributed by atoms with Crippen LogP contribution in [0.1, 0.15) is 16.8 Å². The Hall–Kier alpha value is -2.94. The molecule has 2 N–H and O–H groups in total. The Kier molecular flexibility index (Phi) is 4.41. The van der Waals surface area contributed by atoms with Gasteiger partial charge in [0.2, 0.25) is 5.75 Å². The van der Waals surface area contributed by atoms with Crippen LogP contribution in [0, 0.1) is 30.9 Å². The molecule has 0 fully saturated rings. The normalized spacial score (nSPS) is 10.9. The highest BCUT2D eigenvalue weighted by atomic mass is 79.9. The minimum Gasteiger partial charge on any atom is -0.504 e. The van der Waals surface area contributed by atoms with Crippen molar-refractivity contribution in [3.8, 4) is 34.1 Å². The van der Waals surface area contributed by atoms with E-state index >= 15 is 0 Å². The molecule has 2 aromatic heterocycles. The van der Waals surface area contributed by atoms with Gasteiger partial charge in [-0.15, -0.1) is 0 Å². The first-order valence-electron chi connectivity index (χ1n) is 7.51. The number of hydrogen-bond donors (Lipinski definition) is 2. The summed E-state index contributed by atoms with van der Waals surface area (Å²) in [6, 6.07) is 3.90. The van der Waals surface area contributed by atoms with Crippen LogP contribution in [0.3, 0.4) is 0 Å². The topological polar surface area (TPSA) is 123 Å². The molecule has 0 saturated heterocycles. The van der Waals surface area contributed by atoms with Crippen LogP contribution in [0.4, 0.5) is 5.69 Å². The number of rotatable bonds is 3. The molecule has 26 heavy (non-hydrogen) atoms. The fourth-order valence-corrected chi connectivity index (χ4v) is 3.37. The van der Waals surface area contributed by atoms with Crippen LogP contribution in [-0.2, 0) is 0 Å². The summed E-state index contributed by atoms with van der Waals surface area (Å²) in [5.74, 6) is -0.974. The highest BCUT2D eigenvalue weighted by Gasteiger charge is 2.22. The van der Waals surface area contributed by atoms with E-state index in [1.165, 1.54) is 6.07 Å². The average Bonchev–Trinajstić information content (AvgIpc) is 3.04. The monoisotopic (exact) mass is 419 g/mol. The molecule has 3 aromatic rings. The number of phenols is 2. The number of nitro groups is 1. The summed E-state index contributed by atoms with van der Waals surface area (Å²) >= 11 is 3.42. The van der Waals surface area contributed by atoms with E-state index in [-0.39, 0.29) is 11.3 Å². The third kappa shape index (κ3) is 2.90. The van der Waals surface area contributed by atoms with E-state index < -0.39 is 22.1 Å². The molecule has 0 bridgehead atoms. The van der Waals surface area contributed by atoms with E-state index in [2.05, 4.69) is 26.1 Å². The van der Waals surface area contributed by atoms with Crippen molar-refractivity contribution in [2.24, 2.45) is 0 Å². The lowest BCUT2D eigenvalue weighted by molar-refractivity contribution is -0.385. The lowest BCUT2D eigenvalue weighted by Crippen LogP contribution is -1.96. The number of benzene rings is 1. The number of halogens is 1. The Morgan fingerprint density at radius 3 is 2.50 bits per heavy atom. The van der Waals surface area contributed by atoms with Crippen molar-refractivity contribution >= 4 is 21.6 Å². The number of pyridine rings is 1. The van der Waals surface area contributed by atoms with Crippen LogP contribution >= 0.6 is 15.9 Å². The van der Waals surface area contributed by atoms with Crippen LogP contribution in [0.2, 0.25) is 0 Å². The Bertz CT molecular complexity index is 1050. The average molecular weight is 420 g/mol. The molecule has 3 rings (SSSR count). The zero-order valence-corrected chi connectivity index (χ0v) is 15.7. The maximum atomic E-state index is 11.0. The fourth-order valence-electron chi connectivity index (χ4n) is 2.61. The Morgan fingerprint density at radius 2 is 1.85 bits per heavy atom. The molecule has 0 atom stereocenters. The molecule has 0 amide bonds. The van der Waals surface area contributed by atoms with Gasteiger partial charge in [0.05, 0.1) is 10.5 Å². The number of nitro benzene ring substituents is 1. The van der Waals surface area contributed by atoms with E-state index in [1.54, 1.807) is 6.07 Å². The lowest BCUT2D eigenvalue weighted by Gasteiger charge is -2.10. The minimum absolute atomic E-state index is 0.243.